The largest absolute Gasteiger partial charge is 0.465 e. The van der Waals surface area contributed by atoms with E-state index in [0.29, 0.717) is 5.75 Å². The molecule has 0 heterocycles. The van der Waals surface area contributed by atoms with Crippen molar-refractivity contribution in [3.8, 4) is 0 Å². The molecule has 0 aromatic rings. The number of hydrogen-bond donors (Lipinski definition) is 3. The summed E-state index contributed by atoms with van der Waals surface area (Å²) >= 11 is 4.00. The van der Waals surface area contributed by atoms with Crippen molar-refractivity contribution in [3.63, 3.8) is 0 Å². The van der Waals surface area contributed by atoms with Gasteiger partial charge in [0.15, 0.2) is 0 Å². The van der Waals surface area contributed by atoms with Crippen LogP contribution >= 0.6 is 12.6 Å². The summed E-state index contributed by atoms with van der Waals surface area (Å²) < 4.78 is 0. The summed E-state index contributed by atoms with van der Waals surface area (Å²) in [6.45, 7) is 5.15. The van der Waals surface area contributed by atoms with Gasteiger partial charge < -0.3 is 10.2 Å². The summed E-state index contributed by atoms with van der Waals surface area (Å²) in [6, 6.07) is -0.444. The zero-order chi connectivity index (χ0) is 10.6. The van der Waals surface area contributed by atoms with Crippen LogP contribution in [-0.4, -0.2) is 45.1 Å². The SMILES string of the molecule is CC(C)(C)N(C(=O)O)C(CO)CS. The van der Waals surface area contributed by atoms with Gasteiger partial charge >= 0.3 is 6.09 Å². The van der Waals surface area contributed by atoms with Crippen LogP contribution in [0.15, 0.2) is 0 Å². The van der Waals surface area contributed by atoms with E-state index in [-0.39, 0.29) is 6.61 Å². The van der Waals surface area contributed by atoms with Crippen LogP contribution in [0.5, 0.6) is 0 Å². The summed E-state index contributed by atoms with van der Waals surface area (Å²) in [4.78, 5) is 12.1. The van der Waals surface area contributed by atoms with E-state index in [9.17, 15) is 4.79 Å². The van der Waals surface area contributed by atoms with Crippen LogP contribution in [-0.2, 0) is 0 Å². The second-order valence-electron chi connectivity index (χ2n) is 3.84. The Morgan fingerprint density at radius 1 is 1.54 bits per heavy atom. The van der Waals surface area contributed by atoms with Gasteiger partial charge in [0.2, 0.25) is 0 Å². The van der Waals surface area contributed by atoms with Crippen LogP contribution in [0, 0.1) is 0 Å². The molecular formula is C8H17NO3S. The first-order valence-electron chi connectivity index (χ1n) is 4.08. The Hall–Kier alpha value is -0.420. The molecule has 1 atom stereocenters. The smallest absolute Gasteiger partial charge is 0.408 e. The summed E-state index contributed by atoms with van der Waals surface area (Å²) in [7, 11) is 0. The molecular weight excluding hydrogens is 190 g/mol. The number of carboxylic acid groups (broad SMARTS) is 1. The highest BCUT2D eigenvalue weighted by molar-refractivity contribution is 7.80. The molecule has 5 heteroatoms. The summed E-state index contributed by atoms with van der Waals surface area (Å²) in [5.41, 5.74) is -0.512. The molecule has 0 aromatic heterocycles. The quantitative estimate of drug-likeness (QED) is 0.606. The third-order valence-electron chi connectivity index (χ3n) is 1.72. The van der Waals surface area contributed by atoms with Gasteiger partial charge in [-0.05, 0) is 20.8 Å². The van der Waals surface area contributed by atoms with E-state index in [1.54, 1.807) is 20.8 Å². The van der Waals surface area contributed by atoms with E-state index < -0.39 is 17.7 Å². The number of aliphatic hydroxyl groups is 1. The molecule has 0 aromatic carbocycles. The number of amides is 1. The van der Waals surface area contributed by atoms with Gasteiger partial charge in [0.25, 0.3) is 0 Å². The highest BCUT2D eigenvalue weighted by Crippen LogP contribution is 2.17. The normalized spacial score (nSPS) is 13.9. The number of nitrogens with zero attached hydrogens (tertiary/aromatic N) is 1. The van der Waals surface area contributed by atoms with Crippen molar-refractivity contribution < 1.29 is 15.0 Å². The molecule has 0 saturated heterocycles. The van der Waals surface area contributed by atoms with Crippen LogP contribution in [0.2, 0.25) is 0 Å². The topological polar surface area (TPSA) is 60.8 Å². The molecule has 0 aliphatic heterocycles. The zero-order valence-electron chi connectivity index (χ0n) is 8.19. The Morgan fingerprint density at radius 2 is 2.00 bits per heavy atom. The van der Waals surface area contributed by atoms with Gasteiger partial charge in [0, 0.05) is 11.3 Å². The van der Waals surface area contributed by atoms with E-state index in [2.05, 4.69) is 12.6 Å². The second-order valence-corrected chi connectivity index (χ2v) is 4.21. The molecule has 0 spiro atoms. The molecule has 1 unspecified atom stereocenters. The first kappa shape index (κ1) is 12.6. The third-order valence-corrected chi connectivity index (χ3v) is 2.14. The molecule has 78 valence electrons. The fraction of sp³-hybridized carbons (Fsp3) is 0.875. The Kier molecular flexibility index (Phi) is 4.56. The van der Waals surface area contributed by atoms with Gasteiger partial charge in [-0.2, -0.15) is 12.6 Å². The first-order valence-corrected chi connectivity index (χ1v) is 4.71. The van der Waals surface area contributed by atoms with Crippen LogP contribution < -0.4 is 0 Å². The van der Waals surface area contributed by atoms with E-state index in [4.69, 9.17) is 10.2 Å². The van der Waals surface area contributed by atoms with Crippen molar-refractivity contribution in [2.75, 3.05) is 12.4 Å². The molecule has 2 N–H and O–H groups in total. The average Bonchev–Trinajstić information content (AvgIpc) is 1.96. The first-order chi connectivity index (χ1) is 5.84. The molecule has 0 aliphatic rings. The monoisotopic (exact) mass is 207 g/mol. The maximum absolute atomic E-state index is 10.9. The lowest BCUT2D eigenvalue weighted by molar-refractivity contribution is 0.0550. The second kappa shape index (κ2) is 4.72. The molecule has 13 heavy (non-hydrogen) atoms. The number of hydrogen-bond acceptors (Lipinski definition) is 3. The van der Waals surface area contributed by atoms with E-state index in [1.807, 2.05) is 0 Å². The molecule has 0 fully saturated rings. The fourth-order valence-electron chi connectivity index (χ4n) is 1.21. The third kappa shape index (κ3) is 3.44. The van der Waals surface area contributed by atoms with Crippen LogP contribution in [0.1, 0.15) is 20.8 Å². The van der Waals surface area contributed by atoms with Gasteiger partial charge in [0.1, 0.15) is 0 Å². The zero-order valence-corrected chi connectivity index (χ0v) is 9.08. The Balaban J connectivity index is 4.69. The highest BCUT2D eigenvalue weighted by Gasteiger charge is 2.31. The predicted molar refractivity (Wildman–Crippen MR) is 54.3 cm³/mol. The Morgan fingerprint density at radius 3 is 2.08 bits per heavy atom. The minimum atomic E-state index is -1.03. The lowest BCUT2D eigenvalue weighted by atomic mass is 10.0. The van der Waals surface area contributed by atoms with E-state index in [1.165, 1.54) is 4.90 Å². The lowest BCUT2D eigenvalue weighted by Gasteiger charge is -2.38. The Bertz CT molecular complexity index is 175. The minimum absolute atomic E-state index is 0.201. The maximum atomic E-state index is 10.9. The average molecular weight is 207 g/mol. The molecule has 0 aliphatic carbocycles. The summed E-state index contributed by atoms with van der Waals surface area (Å²) in [5.74, 6) is 0.320. The minimum Gasteiger partial charge on any atom is -0.465 e. The number of thiol groups is 1. The molecule has 0 bridgehead atoms. The van der Waals surface area contributed by atoms with Crippen molar-refractivity contribution in [2.45, 2.75) is 32.4 Å². The fourth-order valence-corrected chi connectivity index (χ4v) is 1.49. The molecule has 0 radical (unpaired) electrons. The molecule has 4 nitrogen and oxygen atoms in total. The highest BCUT2D eigenvalue weighted by atomic mass is 32.1. The van der Waals surface area contributed by atoms with Gasteiger partial charge in [-0.3, -0.25) is 4.90 Å². The maximum Gasteiger partial charge on any atom is 0.408 e. The molecule has 0 rings (SSSR count). The summed E-state index contributed by atoms with van der Waals surface area (Å²) in [6.07, 6.45) is -1.03. The standard InChI is InChI=1S/C8H17NO3S/c1-8(2,3)9(7(11)12)6(4-10)5-13/h6,10,13H,4-5H2,1-3H3,(H,11,12). The Labute approximate surface area is 84.0 Å². The molecule has 1 amide bonds. The lowest BCUT2D eigenvalue weighted by Crippen LogP contribution is -2.53. The van der Waals surface area contributed by atoms with Crippen molar-refractivity contribution in [2.24, 2.45) is 0 Å². The van der Waals surface area contributed by atoms with Crippen molar-refractivity contribution in [1.29, 1.82) is 0 Å². The van der Waals surface area contributed by atoms with E-state index >= 15 is 0 Å². The molecule has 0 saturated carbocycles. The van der Waals surface area contributed by atoms with Crippen LogP contribution in [0.25, 0.3) is 0 Å². The predicted octanol–water partition coefficient (Wildman–Crippen LogP) is 1.06. The van der Waals surface area contributed by atoms with Crippen LogP contribution in [0.3, 0.4) is 0 Å². The number of aliphatic hydroxyl groups excluding tert-OH is 1. The van der Waals surface area contributed by atoms with Crippen molar-refractivity contribution in [1.82, 2.24) is 4.90 Å². The van der Waals surface area contributed by atoms with E-state index in [0.717, 1.165) is 0 Å². The van der Waals surface area contributed by atoms with Crippen molar-refractivity contribution in [3.05, 3.63) is 0 Å². The van der Waals surface area contributed by atoms with Gasteiger partial charge in [0.05, 0.1) is 12.6 Å². The van der Waals surface area contributed by atoms with Gasteiger partial charge in [-0.1, -0.05) is 0 Å². The van der Waals surface area contributed by atoms with Gasteiger partial charge in [-0.15, -0.1) is 0 Å². The van der Waals surface area contributed by atoms with Crippen molar-refractivity contribution >= 4 is 18.7 Å². The number of rotatable bonds is 3. The number of carbonyl (C=O) groups is 1. The summed E-state index contributed by atoms with van der Waals surface area (Å²) in [5, 5.41) is 17.9. The van der Waals surface area contributed by atoms with Gasteiger partial charge in [-0.25, -0.2) is 4.79 Å². The van der Waals surface area contributed by atoms with Crippen LogP contribution in [0.4, 0.5) is 4.79 Å².